The minimum absolute atomic E-state index is 0.326. The van der Waals surface area contributed by atoms with E-state index in [2.05, 4.69) is 21.8 Å². The summed E-state index contributed by atoms with van der Waals surface area (Å²) in [6.45, 7) is 3.43. The van der Waals surface area contributed by atoms with Crippen molar-refractivity contribution in [1.82, 2.24) is 14.7 Å². The molecule has 4 heteroatoms. The van der Waals surface area contributed by atoms with E-state index in [1.807, 2.05) is 0 Å². The van der Waals surface area contributed by atoms with Gasteiger partial charge >= 0.3 is 0 Å². The number of aliphatic hydroxyl groups excluding tert-OH is 1. The van der Waals surface area contributed by atoms with Crippen molar-refractivity contribution in [3.05, 3.63) is 18.0 Å². The number of nitrogens with zero attached hydrogens (tertiary/aromatic N) is 3. The Morgan fingerprint density at radius 3 is 2.80 bits per heavy atom. The van der Waals surface area contributed by atoms with Crippen LogP contribution >= 0.6 is 0 Å². The molecule has 1 saturated carbocycles. The first-order valence-electron chi connectivity index (χ1n) is 8.22. The second-order valence-electron chi connectivity index (χ2n) is 6.50. The minimum atomic E-state index is 0.326. The van der Waals surface area contributed by atoms with E-state index in [1.54, 1.807) is 0 Å². The normalized spacial score (nSPS) is 25.9. The van der Waals surface area contributed by atoms with Gasteiger partial charge in [-0.15, -0.1) is 0 Å². The largest absolute Gasteiger partial charge is 0.396 e. The predicted octanol–water partition coefficient (Wildman–Crippen LogP) is 2.59. The fourth-order valence-electron chi connectivity index (χ4n) is 3.68. The van der Waals surface area contributed by atoms with E-state index >= 15 is 0 Å². The van der Waals surface area contributed by atoms with Crippen molar-refractivity contribution in [2.24, 2.45) is 5.92 Å². The van der Waals surface area contributed by atoms with E-state index in [4.69, 9.17) is 5.10 Å². The highest BCUT2D eigenvalue weighted by Crippen LogP contribution is 2.27. The van der Waals surface area contributed by atoms with Crippen molar-refractivity contribution in [3.8, 4) is 0 Å². The Kier molecular flexibility index (Phi) is 4.73. The highest BCUT2D eigenvalue weighted by molar-refractivity contribution is 5.00. The lowest BCUT2D eigenvalue weighted by Gasteiger charge is -2.31. The van der Waals surface area contributed by atoms with Gasteiger partial charge in [0.1, 0.15) is 0 Å². The highest BCUT2D eigenvalue weighted by atomic mass is 16.3. The maximum atomic E-state index is 9.30. The minimum Gasteiger partial charge on any atom is -0.396 e. The lowest BCUT2D eigenvalue weighted by molar-refractivity contribution is 0.114. The van der Waals surface area contributed by atoms with E-state index in [0.29, 0.717) is 18.6 Å². The third-order valence-corrected chi connectivity index (χ3v) is 4.86. The third-order valence-electron chi connectivity index (χ3n) is 4.86. The molecule has 1 saturated heterocycles. The van der Waals surface area contributed by atoms with Gasteiger partial charge < -0.3 is 5.11 Å². The summed E-state index contributed by atoms with van der Waals surface area (Å²) in [7, 11) is 0. The molecule has 1 unspecified atom stereocenters. The summed E-state index contributed by atoms with van der Waals surface area (Å²) in [5.41, 5.74) is 1.19. The molecule has 20 heavy (non-hydrogen) atoms. The number of aliphatic hydroxyl groups is 1. The Morgan fingerprint density at radius 2 is 2.00 bits per heavy atom. The summed E-state index contributed by atoms with van der Waals surface area (Å²) >= 11 is 0. The van der Waals surface area contributed by atoms with E-state index in [-0.39, 0.29) is 0 Å². The molecule has 2 fully saturated rings. The molecule has 2 heterocycles. The fraction of sp³-hybridized carbons (Fsp3) is 0.812. The molecule has 1 aromatic rings. The number of hydrogen-bond acceptors (Lipinski definition) is 3. The Bertz CT molecular complexity index is 412. The van der Waals surface area contributed by atoms with Crippen LogP contribution in [0, 0.1) is 5.92 Å². The monoisotopic (exact) mass is 277 g/mol. The van der Waals surface area contributed by atoms with Crippen LogP contribution < -0.4 is 0 Å². The zero-order valence-electron chi connectivity index (χ0n) is 12.4. The summed E-state index contributed by atoms with van der Waals surface area (Å²) in [4.78, 5) is 2.44. The van der Waals surface area contributed by atoms with Gasteiger partial charge in [0.05, 0.1) is 11.7 Å². The number of likely N-dealkylation sites (tertiary alicyclic amines) is 1. The molecule has 2 aliphatic rings. The fourth-order valence-corrected chi connectivity index (χ4v) is 3.68. The van der Waals surface area contributed by atoms with Crippen molar-refractivity contribution in [2.45, 2.75) is 57.5 Å². The third kappa shape index (κ3) is 3.41. The average molecular weight is 277 g/mol. The second-order valence-corrected chi connectivity index (χ2v) is 6.50. The maximum Gasteiger partial charge on any atom is 0.0764 e. The van der Waals surface area contributed by atoms with Crippen molar-refractivity contribution >= 4 is 0 Å². The molecule has 1 aliphatic carbocycles. The number of aromatic nitrogens is 2. The topological polar surface area (TPSA) is 41.3 Å². The summed E-state index contributed by atoms with van der Waals surface area (Å²) < 4.78 is 2.20. The van der Waals surface area contributed by atoms with Crippen LogP contribution in [0.2, 0.25) is 0 Å². The second kappa shape index (κ2) is 6.72. The summed E-state index contributed by atoms with van der Waals surface area (Å²) in [6.07, 6.45) is 11.2. The maximum absolute atomic E-state index is 9.30. The Labute approximate surface area is 121 Å². The van der Waals surface area contributed by atoms with Crippen LogP contribution in [0.4, 0.5) is 0 Å². The Morgan fingerprint density at radius 1 is 1.15 bits per heavy atom. The molecule has 3 rings (SSSR count). The van der Waals surface area contributed by atoms with Gasteiger partial charge in [0.25, 0.3) is 0 Å². The molecule has 1 aromatic heterocycles. The van der Waals surface area contributed by atoms with Gasteiger partial charge in [-0.3, -0.25) is 9.58 Å². The lowest BCUT2D eigenvalue weighted by Crippen LogP contribution is -2.36. The van der Waals surface area contributed by atoms with E-state index in [0.717, 1.165) is 19.6 Å². The molecule has 1 atom stereocenters. The molecule has 4 nitrogen and oxygen atoms in total. The van der Waals surface area contributed by atoms with E-state index < -0.39 is 0 Å². The standard InChI is InChI=1S/C16H27N3O/c20-13-14-5-4-9-18(11-14)12-15-8-10-19(17-15)16-6-2-1-3-7-16/h8,10,14,16,20H,1-7,9,11-13H2. The summed E-state index contributed by atoms with van der Waals surface area (Å²) in [6, 6.07) is 2.81. The van der Waals surface area contributed by atoms with Crippen molar-refractivity contribution in [1.29, 1.82) is 0 Å². The highest BCUT2D eigenvalue weighted by Gasteiger charge is 2.21. The van der Waals surface area contributed by atoms with Crippen molar-refractivity contribution in [2.75, 3.05) is 19.7 Å². The SMILES string of the molecule is OCC1CCCN(Cc2ccn(C3CCCCC3)n2)C1. The molecule has 1 aliphatic heterocycles. The first kappa shape index (κ1) is 14.1. The van der Waals surface area contributed by atoms with Crippen LogP contribution in [-0.2, 0) is 6.54 Å². The van der Waals surface area contributed by atoms with Crippen LogP contribution in [0.15, 0.2) is 12.3 Å². The van der Waals surface area contributed by atoms with E-state index in [9.17, 15) is 5.11 Å². The van der Waals surface area contributed by atoms with Crippen LogP contribution in [0.3, 0.4) is 0 Å². The van der Waals surface area contributed by atoms with Gasteiger partial charge in [0.2, 0.25) is 0 Å². The summed E-state index contributed by atoms with van der Waals surface area (Å²) in [5.74, 6) is 0.462. The molecule has 112 valence electrons. The van der Waals surface area contributed by atoms with Gasteiger partial charge in [-0.1, -0.05) is 19.3 Å². The smallest absolute Gasteiger partial charge is 0.0764 e. The molecular formula is C16H27N3O. The first-order chi connectivity index (χ1) is 9.85. The number of rotatable bonds is 4. The van der Waals surface area contributed by atoms with Crippen LogP contribution in [0.25, 0.3) is 0 Å². The quantitative estimate of drug-likeness (QED) is 0.919. The zero-order valence-corrected chi connectivity index (χ0v) is 12.4. The molecule has 0 amide bonds. The Balaban J connectivity index is 1.56. The predicted molar refractivity (Wildman–Crippen MR) is 79.4 cm³/mol. The summed E-state index contributed by atoms with van der Waals surface area (Å²) in [5, 5.41) is 14.1. The first-order valence-corrected chi connectivity index (χ1v) is 8.22. The van der Waals surface area contributed by atoms with Crippen LogP contribution in [0.5, 0.6) is 0 Å². The average Bonchev–Trinajstić information content (AvgIpc) is 2.97. The van der Waals surface area contributed by atoms with E-state index in [1.165, 1.54) is 50.6 Å². The zero-order chi connectivity index (χ0) is 13.8. The molecule has 0 spiro atoms. The molecule has 0 bridgehead atoms. The van der Waals surface area contributed by atoms with Crippen LogP contribution in [0.1, 0.15) is 56.7 Å². The van der Waals surface area contributed by atoms with Crippen molar-refractivity contribution < 1.29 is 5.11 Å². The lowest BCUT2D eigenvalue weighted by atomic mass is 9.96. The Hall–Kier alpha value is -0.870. The van der Waals surface area contributed by atoms with Crippen LogP contribution in [-0.4, -0.2) is 39.5 Å². The van der Waals surface area contributed by atoms with Gasteiger partial charge in [-0.25, -0.2) is 0 Å². The number of hydrogen-bond donors (Lipinski definition) is 1. The molecular weight excluding hydrogens is 250 g/mol. The van der Waals surface area contributed by atoms with Crippen molar-refractivity contribution in [3.63, 3.8) is 0 Å². The van der Waals surface area contributed by atoms with Gasteiger partial charge in [0, 0.05) is 25.9 Å². The molecule has 0 aromatic carbocycles. The number of piperidine rings is 1. The molecule has 0 radical (unpaired) electrons. The molecule has 1 N–H and O–H groups in total. The van der Waals surface area contributed by atoms with Gasteiger partial charge in [-0.2, -0.15) is 5.10 Å². The van der Waals surface area contributed by atoms with Gasteiger partial charge in [0.15, 0.2) is 0 Å². The van der Waals surface area contributed by atoms with Gasteiger partial charge in [-0.05, 0) is 44.2 Å².